The Morgan fingerprint density at radius 1 is 1.19 bits per heavy atom. The van der Waals surface area contributed by atoms with E-state index in [0.29, 0.717) is 0 Å². The molecule has 1 aromatic rings. The summed E-state index contributed by atoms with van der Waals surface area (Å²) >= 11 is 0. The van der Waals surface area contributed by atoms with E-state index in [-0.39, 0.29) is 5.41 Å². The molecule has 1 nitrogen and oxygen atoms in total. The molecule has 1 aliphatic rings. The first kappa shape index (κ1) is 11.7. The molecule has 0 spiro atoms. The standard InChI is InChI=1S/C15H23N/c1-15(2,3)14-6-4-12(5-7-14)10-13-8-9-16-11-13/h4-7,13,16H,8-11H2,1-3H3. The second-order valence-corrected chi connectivity index (χ2v) is 6.01. The van der Waals surface area contributed by atoms with Gasteiger partial charge in [-0.25, -0.2) is 0 Å². The van der Waals surface area contributed by atoms with Crippen LogP contribution in [0.4, 0.5) is 0 Å². The lowest BCUT2D eigenvalue weighted by Crippen LogP contribution is -2.12. The normalized spacial score (nSPS) is 21.3. The lowest BCUT2D eigenvalue weighted by Gasteiger charge is -2.19. The molecule has 16 heavy (non-hydrogen) atoms. The largest absolute Gasteiger partial charge is 0.316 e. The topological polar surface area (TPSA) is 12.0 Å². The number of benzene rings is 1. The van der Waals surface area contributed by atoms with Crippen molar-refractivity contribution in [3.8, 4) is 0 Å². The van der Waals surface area contributed by atoms with Crippen LogP contribution in [0.25, 0.3) is 0 Å². The minimum absolute atomic E-state index is 0.271. The van der Waals surface area contributed by atoms with Crippen LogP contribution >= 0.6 is 0 Å². The predicted molar refractivity (Wildman–Crippen MR) is 69.8 cm³/mol. The zero-order chi connectivity index (χ0) is 11.6. The zero-order valence-corrected chi connectivity index (χ0v) is 10.7. The molecule has 1 heteroatoms. The van der Waals surface area contributed by atoms with E-state index in [2.05, 4.69) is 50.4 Å². The summed E-state index contributed by atoms with van der Waals surface area (Å²) < 4.78 is 0. The van der Waals surface area contributed by atoms with Gasteiger partial charge < -0.3 is 5.32 Å². The quantitative estimate of drug-likeness (QED) is 0.802. The third-order valence-electron chi connectivity index (χ3n) is 3.51. The summed E-state index contributed by atoms with van der Waals surface area (Å²) in [7, 11) is 0. The van der Waals surface area contributed by atoms with Crippen molar-refractivity contribution in [2.75, 3.05) is 13.1 Å². The van der Waals surface area contributed by atoms with Gasteiger partial charge in [-0.05, 0) is 48.4 Å². The van der Waals surface area contributed by atoms with Crippen LogP contribution in [0, 0.1) is 5.92 Å². The van der Waals surface area contributed by atoms with E-state index in [0.717, 1.165) is 5.92 Å². The highest BCUT2D eigenvalue weighted by Crippen LogP contribution is 2.23. The fourth-order valence-corrected chi connectivity index (χ4v) is 2.36. The highest BCUT2D eigenvalue weighted by molar-refractivity contribution is 5.27. The lowest BCUT2D eigenvalue weighted by molar-refractivity contribution is 0.576. The molecule has 1 fully saturated rings. The average molecular weight is 217 g/mol. The Hall–Kier alpha value is -0.820. The summed E-state index contributed by atoms with van der Waals surface area (Å²) in [5.74, 6) is 0.848. The number of hydrogen-bond acceptors (Lipinski definition) is 1. The van der Waals surface area contributed by atoms with Gasteiger partial charge in [0.2, 0.25) is 0 Å². The highest BCUT2D eigenvalue weighted by atomic mass is 14.9. The van der Waals surface area contributed by atoms with Crippen molar-refractivity contribution in [3.05, 3.63) is 35.4 Å². The molecular weight excluding hydrogens is 194 g/mol. The third-order valence-corrected chi connectivity index (χ3v) is 3.51. The maximum atomic E-state index is 3.43. The van der Waals surface area contributed by atoms with Crippen LogP contribution in [0.1, 0.15) is 38.3 Å². The van der Waals surface area contributed by atoms with Crippen molar-refractivity contribution >= 4 is 0 Å². The molecule has 0 aliphatic carbocycles. The van der Waals surface area contributed by atoms with E-state index >= 15 is 0 Å². The van der Waals surface area contributed by atoms with Gasteiger partial charge in [-0.15, -0.1) is 0 Å². The van der Waals surface area contributed by atoms with Crippen molar-refractivity contribution in [2.45, 2.75) is 39.0 Å². The maximum absolute atomic E-state index is 3.43. The predicted octanol–water partition coefficient (Wildman–Crippen LogP) is 3.14. The van der Waals surface area contributed by atoms with Gasteiger partial charge in [-0.2, -0.15) is 0 Å². The average Bonchev–Trinajstić information content (AvgIpc) is 2.70. The molecule has 0 saturated carbocycles. The van der Waals surface area contributed by atoms with Gasteiger partial charge in [-0.3, -0.25) is 0 Å². The van der Waals surface area contributed by atoms with Crippen molar-refractivity contribution in [1.82, 2.24) is 5.32 Å². The molecule has 1 heterocycles. The van der Waals surface area contributed by atoms with Crippen molar-refractivity contribution in [1.29, 1.82) is 0 Å². The second kappa shape index (κ2) is 4.58. The van der Waals surface area contributed by atoms with Gasteiger partial charge in [-0.1, -0.05) is 45.0 Å². The summed E-state index contributed by atoms with van der Waals surface area (Å²) in [5.41, 5.74) is 3.19. The Bertz CT molecular complexity index is 325. The molecule has 0 aromatic heterocycles. The van der Waals surface area contributed by atoms with Gasteiger partial charge >= 0.3 is 0 Å². The van der Waals surface area contributed by atoms with Crippen LogP contribution in [0.3, 0.4) is 0 Å². The van der Waals surface area contributed by atoms with Crippen LogP contribution in [0.15, 0.2) is 24.3 Å². The molecule has 1 N–H and O–H groups in total. The van der Waals surface area contributed by atoms with Crippen molar-refractivity contribution in [2.24, 2.45) is 5.92 Å². The number of nitrogens with one attached hydrogen (secondary N) is 1. The van der Waals surface area contributed by atoms with Crippen LogP contribution in [-0.2, 0) is 11.8 Å². The molecule has 1 saturated heterocycles. The Labute approximate surface area is 99.3 Å². The van der Waals surface area contributed by atoms with Crippen LogP contribution in [0.2, 0.25) is 0 Å². The molecule has 1 aromatic carbocycles. The Kier molecular flexibility index (Phi) is 3.34. The van der Waals surface area contributed by atoms with E-state index in [1.54, 1.807) is 0 Å². The number of rotatable bonds is 2. The van der Waals surface area contributed by atoms with E-state index in [4.69, 9.17) is 0 Å². The molecule has 1 unspecified atom stereocenters. The first-order chi connectivity index (χ1) is 7.55. The Morgan fingerprint density at radius 3 is 2.38 bits per heavy atom. The smallest absolute Gasteiger partial charge is 0.00169 e. The Balaban J connectivity index is 2.01. The summed E-state index contributed by atoms with van der Waals surface area (Å²) in [6.07, 6.45) is 2.57. The molecule has 1 aliphatic heterocycles. The fraction of sp³-hybridized carbons (Fsp3) is 0.600. The Morgan fingerprint density at radius 2 is 1.88 bits per heavy atom. The van der Waals surface area contributed by atoms with Crippen LogP contribution < -0.4 is 5.32 Å². The summed E-state index contributed by atoms with van der Waals surface area (Å²) in [6.45, 7) is 9.19. The third kappa shape index (κ3) is 2.85. The highest BCUT2D eigenvalue weighted by Gasteiger charge is 2.16. The van der Waals surface area contributed by atoms with Gasteiger partial charge in [0, 0.05) is 0 Å². The van der Waals surface area contributed by atoms with Gasteiger partial charge in [0.05, 0.1) is 0 Å². The minimum atomic E-state index is 0.271. The molecule has 2 rings (SSSR count). The molecule has 1 atom stereocenters. The monoisotopic (exact) mass is 217 g/mol. The minimum Gasteiger partial charge on any atom is -0.316 e. The maximum Gasteiger partial charge on any atom is -0.00169 e. The molecule has 0 radical (unpaired) electrons. The first-order valence-corrected chi connectivity index (χ1v) is 6.36. The molecule has 0 amide bonds. The SMILES string of the molecule is CC(C)(C)c1ccc(CC2CCNC2)cc1. The van der Waals surface area contributed by atoms with Crippen LogP contribution in [-0.4, -0.2) is 13.1 Å². The van der Waals surface area contributed by atoms with Gasteiger partial charge in [0.1, 0.15) is 0 Å². The second-order valence-electron chi connectivity index (χ2n) is 6.01. The van der Waals surface area contributed by atoms with Crippen molar-refractivity contribution in [3.63, 3.8) is 0 Å². The van der Waals surface area contributed by atoms with Crippen LogP contribution in [0.5, 0.6) is 0 Å². The zero-order valence-electron chi connectivity index (χ0n) is 10.7. The molecule has 88 valence electrons. The van der Waals surface area contributed by atoms with E-state index in [1.165, 1.54) is 37.1 Å². The molecule has 0 bridgehead atoms. The summed E-state index contributed by atoms with van der Waals surface area (Å²) in [6, 6.07) is 9.19. The van der Waals surface area contributed by atoms with Gasteiger partial charge in [0.15, 0.2) is 0 Å². The first-order valence-electron chi connectivity index (χ1n) is 6.36. The fourth-order valence-electron chi connectivity index (χ4n) is 2.36. The lowest BCUT2D eigenvalue weighted by atomic mass is 9.86. The van der Waals surface area contributed by atoms with E-state index in [9.17, 15) is 0 Å². The number of hydrogen-bond donors (Lipinski definition) is 1. The summed E-state index contributed by atoms with van der Waals surface area (Å²) in [5, 5.41) is 3.43. The van der Waals surface area contributed by atoms with E-state index in [1.807, 2.05) is 0 Å². The van der Waals surface area contributed by atoms with Gasteiger partial charge in [0.25, 0.3) is 0 Å². The van der Waals surface area contributed by atoms with E-state index < -0.39 is 0 Å². The molecular formula is C15H23N. The van der Waals surface area contributed by atoms with Crippen molar-refractivity contribution < 1.29 is 0 Å². The summed E-state index contributed by atoms with van der Waals surface area (Å²) in [4.78, 5) is 0.